The number of hydrogen-bond donors (Lipinski definition) is 3. The molecule has 0 spiro atoms. The van der Waals surface area contributed by atoms with Crippen molar-refractivity contribution in [3.05, 3.63) is 77.9 Å². The number of aliphatic carboxylic acids is 1. The summed E-state index contributed by atoms with van der Waals surface area (Å²) < 4.78 is 0. The second-order valence-corrected chi connectivity index (χ2v) is 11.2. The van der Waals surface area contributed by atoms with Crippen molar-refractivity contribution in [1.82, 2.24) is 5.01 Å². The normalized spacial score (nSPS) is 16.2. The van der Waals surface area contributed by atoms with Gasteiger partial charge in [-0.25, -0.2) is 5.01 Å². The van der Waals surface area contributed by atoms with Crippen molar-refractivity contribution in [1.29, 1.82) is 0 Å². The van der Waals surface area contributed by atoms with Crippen molar-refractivity contribution in [2.24, 2.45) is 5.10 Å². The lowest BCUT2D eigenvalue weighted by atomic mass is 9.96. The highest BCUT2D eigenvalue weighted by Gasteiger charge is 2.33. The minimum absolute atomic E-state index is 0.0859. The fraction of sp³-hybridized carbons (Fsp3) is 0.276. The van der Waals surface area contributed by atoms with Gasteiger partial charge in [0.15, 0.2) is 0 Å². The number of fused-ring (bicyclic) bond motifs is 1. The number of hydrazone groups is 1. The molecule has 7 nitrogen and oxygen atoms in total. The Morgan fingerprint density at radius 3 is 2.27 bits per heavy atom. The van der Waals surface area contributed by atoms with Gasteiger partial charge in [-0.15, -0.1) is 11.8 Å². The zero-order valence-electron chi connectivity index (χ0n) is 20.9. The van der Waals surface area contributed by atoms with E-state index in [-0.39, 0.29) is 24.8 Å². The summed E-state index contributed by atoms with van der Waals surface area (Å²) in [6, 6.07) is 22.6. The number of anilines is 2. The first kappa shape index (κ1) is 24.9. The lowest BCUT2D eigenvalue weighted by Crippen LogP contribution is -2.27. The zero-order chi connectivity index (χ0) is 25.9. The molecule has 1 unspecified atom stereocenters. The van der Waals surface area contributed by atoms with Crippen LogP contribution in [-0.4, -0.2) is 39.6 Å². The largest absolute Gasteiger partial charge is 0.481 e. The van der Waals surface area contributed by atoms with Gasteiger partial charge < -0.3 is 15.7 Å². The predicted octanol–water partition coefficient (Wildman–Crippen LogP) is 6.19. The molecule has 190 valence electrons. The Balaban J connectivity index is 1.38. The summed E-state index contributed by atoms with van der Waals surface area (Å²) in [6.07, 6.45) is 0.259. The number of nitrogens with zero attached hydrogens (tertiary/aromatic N) is 2. The summed E-state index contributed by atoms with van der Waals surface area (Å²) in [5.74, 6) is -1.28. The molecule has 0 bridgehead atoms. The fourth-order valence-electron chi connectivity index (χ4n) is 4.66. The van der Waals surface area contributed by atoms with Crippen molar-refractivity contribution in [2.45, 2.75) is 49.3 Å². The topological polar surface area (TPSA) is 94.0 Å². The van der Waals surface area contributed by atoms with Gasteiger partial charge in [0.1, 0.15) is 0 Å². The van der Waals surface area contributed by atoms with Gasteiger partial charge >= 0.3 is 5.97 Å². The Bertz CT molecular complexity index is 1340. The van der Waals surface area contributed by atoms with Crippen LogP contribution in [0.15, 0.2) is 76.7 Å². The number of carbonyl (C=O) groups excluding carboxylic acids is 1. The van der Waals surface area contributed by atoms with E-state index in [0.29, 0.717) is 18.3 Å². The van der Waals surface area contributed by atoms with Gasteiger partial charge in [-0.3, -0.25) is 9.59 Å². The Morgan fingerprint density at radius 1 is 0.946 bits per heavy atom. The Kier molecular flexibility index (Phi) is 7.19. The molecule has 2 aliphatic rings. The van der Waals surface area contributed by atoms with Crippen LogP contribution in [0.2, 0.25) is 0 Å². The van der Waals surface area contributed by atoms with Crippen molar-refractivity contribution in [3.8, 4) is 11.1 Å². The number of rotatable bonds is 8. The molecule has 3 N–H and O–H groups in total. The molecule has 0 saturated heterocycles. The maximum absolute atomic E-state index is 13.0. The van der Waals surface area contributed by atoms with Gasteiger partial charge in [-0.05, 0) is 46.5 Å². The smallest absolute Gasteiger partial charge is 0.303 e. The standard InChI is InChI=1S/C29H30N4O3S/c1-18(2)37-23-10-7-20(8-11-23)19-3-5-21(6-4-19)25-16-27(33(32-25)28(34)13-14-29(35)36)22-9-12-24-26(15-22)31-17-30-24/h3-12,15,18,27,30-31H,13-14,16-17H2,1-2H3,(H,35,36). The second-order valence-electron chi connectivity index (χ2n) is 9.50. The highest BCUT2D eigenvalue weighted by Crippen LogP contribution is 2.37. The van der Waals surface area contributed by atoms with Gasteiger partial charge in [-0.2, -0.15) is 5.10 Å². The van der Waals surface area contributed by atoms with Crippen molar-refractivity contribution < 1.29 is 14.7 Å². The minimum Gasteiger partial charge on any atom is -0.481 e. The summed E-state index contributed by atoms with van der Waals surface area (Å²) in [6.45, 7) is 5.04. The van der Waals surface area contributed by atoms with E-state index >= 15 is 0 Å². The van der Waals surface area contributed by atoms with Crippen LogP contribution in [0.3, 0.4) is 0 Å². The second kappa shape index (κ2) is 10.7. The van der Waals surface area contributed by atoms with Crippen LogP contribution >= 0.6 is 11.8 Å². The molecule has 3 aromatic carbocycles. The predicted molar refractivity (Wildman–Crippen MR) is 149 cm³/mol. The third kappa shape index (κ3) is 5.64. The zero-order valence-corrected chi connectivity index (χ0v) is 21.7. The maximum Gasteiger partial charge on any atom is 0.303 e. The first-order chi connectivity index (χ1) is 17.9. The number of amides is 1. The van der Waals surface area contributed by atoms with E-state index in [4.69, 9.17) is 10.2 Å². The maximum atomic E-state index is 13.0. The SMILES string of the molecule is CC(C)Sc1ccc(-c2ccc(C3=NN(C(=O)CCC(=O)O)C(c4ccc5c(c4)NCN5)C3)cc2)cc1. The van der Waals surface area contributed by atoms with Gasteiger partial charge in [-0.1, -0.05) is 56.3 Å². The molecule has 0 saturated carbocycles. The molecule has 1 amide bonds. The molecule has 0 radical (unpaired) electrons. The summed E-state index contributed by atoms with van der Waals surface area (Å²) >= 11 is 1.85. The summed E-state index contributed by atoms with van der Waals surface area (Å²) in [5.41, 5.74) is 7.02. The number of carboxylic acid groups (broad SMARTS) is 1. The first-order valence-electron chi connectivity index (χ1n) is 12.5. The fourth-order valence-corrected chi connectivity index (χ4v) is 5.50. The average molecular weight is 515 g/mol. The molecule has 5 rings (SSSR count). The molecule has 0 fully saturated rings. The Morgan fingerprint density at radius 2 is 1.59 bits per heavy atom. The molecule has 2 heterocycles. The lowest BCUT2D eigenvalue weighted by Gasteiger charge is -2.22. The Labute approximate surface area is 221 Å². The molecule has 2 aliphatic heterocycles. The molecule has 3 aromatic rings. The minimum atomic E-state index is -0.993. The number of benzene rings is 3. The quantitative estimate of drug-likeness (QED) is 0.310. The van der Waals surface area contributed by atoms with Gasteiger partial charge in [0.05, 0.1) is 36.2 Å². The first-order valence-corrected chi connectivity index (χ1v) is 13.4. The highest BCUT2D eigenvalue weighted by atomic mass is 32.2. The monoisotopic (exact) mass is 514 g/mol. The highest BCUT2D eigenvalue weighted by molar-refractivity contribution is 7.99. The van der Waals surface area contributed by atoms with Gasteiger partial charge in [0.25, 0.3) is 0 Å². The summed E-state index contributed by atoms with van der Waals surface area (Å²) in [4.78, 5) is 25.3. The van der Waals surface area contributed by atoms with Crippen LogP contribution in [0.1, 0.15) is 50.3 Å². The van der Waals surface area contributed by atoms with E-state index in [2.05, 4.69) is 60.9 Å². The Hall–Kier alpha value is -3.78. The molecule has 0 aliphatic carbocycles. The molecular weight excluding hydrogens is 484 g/mol. The van der Waals surface area contributed by atoms with Crippen LogP contribution in [0.4, 0.5) is 11.4 Å². The van der Waals surface area contributed by atoms with Crippen LogP contribution in [0.25, 0.3) is 11.1 Å². The van der Waals surface area contributed by atoms with Crippen molar-refractivity contribution >= 4 is 40.7 Å². The van der Waals surface area contributed by atoms with E-state index in [1.54, 1.807) is 0 Å². The molecular formula is C29H30N4O3S. The lowest BCUT2D eigenvalue weighted by molar-refractivity contribution is -0.141. The molecule has 0 aromatic heterocycles. The third-order valence-corrected chi connectivity index (χ3v) is 7.50. The van der Waals surface area contributed by atoms with E-state index in [1.165, 1.54) is 9.90 Å². The number of carbonyl (C=O) groups is 2. The van der Waals surface area contributed by atoms with Crippen LogP contribution in [-0.2, 0) is 9.59 Å². The van der Waals surface area contributed by atoms with E-state index in [0.717, 1.165) is 39.3 Å². The molecule has 1 atom stereocenters. The number of nitrogens with one attached hydrogen (secondary N) is 2. The number of hydrogen-bond acceptors (Lipinski definition) is 6. The van der Waals surface area contributed by atoms with E-state index < -0.39 is 5.97 Å². The van der Waals surface area contributed by atoms with Crippen molar-refractivity contribution in [3.63, 3.8) is 0 Å². The van der Waals surface area contributed by atoms with Crippen LogP contribution < -0.4 is 10.6 Å². The summed E-state index contributed by atoms with van der Waals surface area (Å²) in [5, 5.41) is 22.3. The molecule has 37 heavy (non-hydrogen) atoms. The van der Waals surface area contributed by atoms with Crippen LogP contribution in [0.5, 0.6) is 0 Å². The summed E-state index contributed by atoms with van der Waals surface area (Å²) in [7, 11) is 0. The van der Waals surface area contributed by atoms with Gasteiger partial charge in [0, 0.05) is 23.0 Å². The number of thioether (sulfide) groups is 1. The average Bonchev–Trinajstić information content (AvgIpc) is 3.54. The van der Waals surface area contributed by atoms with Gasteiger partial charge in [0.2, 0.25) is 5.91 Å². The van der Waals surface area contributed by atoms with E-state index in [9.17, 15) is 9.59 Å². The molecule has 8 heteroatoms. The number of carboxylic acids is 1. The van der Waals surface area contributed by atoms with E-state index in [1.807, 2.05) is 42.1 Å². The third-order valence-electron chi connectivity index (χ3n) is 6.48. The van der Waals surface area contributed by atoms with Crippen LogP contribution in [0, 0.1) is 0 Å². The van der Waals surface area contributed by atoms with Crippen molar-refractivity contribution in [2.75, 3.05) is 17.3 Å².